The van der Waals surface area contributed by atoms with Gasteiger partial charge in [-0.15, -0.1) is 0 Å². The summed E-state index contributed by atoms with van der Waals surface area (Å²) in [5.41, 5.74) is 2.12. The SMILES string of the molecule is CCC1OC=C(COc2ccc(Cc3ccc(Cl)c(Cl)c3)cc2Cl)O1. The van der Waals surface area contributed by atoms with E-state index in [2.05, 4.69) is 0 Å². The largest absolute Gasteiger partial charge is 0.484 e. The molecular formula is C19H17Cl3O3. The van der Waals surface area contributed by atoms with Gasteiger partial charge in [-0.25, -0.2) is 0 Å². The maximum Gasteiger partial charge on any atom is 0.240 e. The number of halogens is 3. The molecule has 0 aliphatic carbocycles. The van der Waals surface area contributed by atoms with Crippen LogP contribution in [0.4, 0.5) is 0 Å². The smallest absolute Gasteiger partial charge is 0.240 e. The van der Waals surface area contributed by atoms with Crippen LogP contribution in [0.5, 0.6) is 5.75 Å². The molecule has 0 N–H and O–H groups in total. The van der Waals surface area contributed by atoms with Gasteiger partial charge in [0.2, 0.25) is 6.29 Å². The lowest BCUT2D eigenvalue weighted by Gasteiger charge is -2.12. The van der Waals surface area contributed by atoms with Gasteiger partial charge in [0.05, 0.1) is 15.1 Å². The first-order chi connectivity index (χ1) is 12.0. The standard InChI is InChI=1S/C19H17Cl3O3/c1-2-19-24-11-14(25-19)10-23-18-6-4-13(9-17(18)22)7-12-3-5-15(20)16(21)8-12/h3-6,8-9,11,19H,2,7,10H2,1H3. The highest BCUT2D eigenvalue weighted by Crippen LogP contribution is 2.29. The van der Waals surface area contributed by atoms with Gasteiger partial charge in [-0.3, -0.25) is 0 Å². The van der Waals surface area contributed by atoms with Crippen LogP contribution in [0.3, 0.4) is 0 Å². The number of hydrogen-bond donors (Lipinski definition) is 0. The van der Waals surface area contributed by atoms with E-state index in [1.165, 1.54) is 0 Å². The number of ether oxygens (including phenoxy) is 3. The third kappa shape index (κ3) is 4.75. The van der Waals surface area contributed by atoms with Crippen molar-refractivity contribution in [1.82, 2.24) is 0 Å². The predicted octanol–water partition coefficient (Wildman–Crippen LogP) is 6.24. The van der Waals surface area contributed by atoms with Gasteiger partial charge in [0, 0.05) is 6.42 Å². The van der Waals surface area contributed by atoms with Gasteiger partial charge in [0.15, 0.2) is 5.76 Å². The zero-order valence-corrected chi connectivity index (χ0v) is 15.9. The number of rotatable bonds is 6. The second-order valence-corrected chi connectivity index (χ2v) is 6.88. The van der Waals surface area contributed by atoms with Gasteiger partial charge in [0.1, 0.15) is 18.6 Å². The summed E-state index contributed by atoms with van der Waals surface area (Å²) in [6, 6.07) is 11.3. The van der Waals surface area contributed by atoms with Gasteiger partial charge < -0.3 is 14.2 Å². The van der Waals surface area contributed by atoms with Crippen molar-refractivity contribution in [1.29, 1.82) is 0 Å². The molecule has 0 bridgehead atoms. The third-order valence-corrected chi connectivity index (χ3v) is 4.76. The van der Waals surface area contributed by atoms with Crippen molar-refractivity contribution in [2.45, 2.75) is 26.1 Å². The van der Waals surface area contributed by atoms with E-state index in [1.54, 1.807) is 12.3 Å². The van der Waals surface area contributed by atoms with E-state index in [-0.39, 0.29) is 12.9 Å². The maximum absolute atomic E-state index is 6.33. The highest BCUT2D eigenvalue weighted by molar-refractivity contribution is 6.42. The summed E-state index contributed by atoms with van der Waals surface area (Å²) in [6.45, 7) is 2.27. The predicted molar refractivity (Wildman–Crippen MR) is 101 cm³/mol. The molecule has 1 heterocycles. The molecule has 1 aliphatic heterocycles. The lowest BCUT2D eigenvalue weighted by Crippen LogP contribution is -2.09. The highest BCUT2D eigenvalue weighted by Gasteiger charge is 2.18. The lowest BCUT2D eigenvalue weighted by molar-refractivity contribution is -0.0375. The second-order valence-electron chi connectivity index (χ2n) is 5.65. The third-order valence-electron chi connectivity index (χ3n) is 3.73. The molecule has 6 heteroatoms. The van der Waals surface area contributed by atoms with E-state index >= 15 is 0 Å². The van der Waals surface area contributed by atoms with Crippen molar-refractivity contribution in [3.8, 4) is 5.75 Å². The van der Waals surface area contributed by atoms with Crippen molar-refractivity contribution in [2.75, 3.05) is 6.61 Å². The van der Waals surface area contributed by atoms with Crippen molar-refractivity contribution in [2.24, 2.45) is 0 Å². The van der Waals surface area contributed by atoms with Gasteiger partial charge >= 0.3 is 0 Å². The van der Waals surface area contributed by atoms with Crippen LogP contribution in [-0.4, -0.2) is 12.9 Å². The summed E-state index contributed by atoms with van der Waals surface area (Å²) in [7, 11) is 0. The number of hydrogen-bond acceptors (Lipinski definition) is 3. The Bertz CT molecular complexity index is 789. The minimum atomic E-state index is -0.220. The van der Waals surface area contributed by atoms with Crippen molar-refractivity contribution < 1.29 is 14.2 Å². The lowest BCUT2D eigenvalue weighted by atomic mass is 10.1. The van der Waals surface area contributed by atoms with E-state index < -0.39 is 0 Å². The molecule has 3 nitrogen and oxygen atoms in total. The summed E-state index contributed by atoms with van der Waals surface area (Å²) >= 11 is 18.3. The molecule has 0 saturated carbocycles. The summed E-state index contributed by atoms with van der Waals surface area (Å²) < 4.78 is 16.6. The Kier molecular flexibility index (Phi) is 6.00. The van der Waals surface area contributed by atoms with Crippen molar-refractivity contribution >= 4 is 34.8 Å². The van der Waals surface area contributed by atoms with E-state index in [4.69, 9.17) is 49.0 Å². The molecule has 0 saturated heterocycles. The zero-order chi connectivity index (χ0) is 17.8. The Morgan fingerprint density at radius 2 is 1.68 bits per heavy atom. The van der Waals surface area contributed by atoms with E-state index in [9.17, 15) is 0 Å². The molecule has 2 aromatic rings. The molecule has 3 rings (SSSR count). The highest BCUT2D eigenvalue weighted by atomic mass is 35.5. The Morgan fingerprint density at radius 1 is 0.960 bits per heavy atom. The summed E-state index contributed by atoms with van der Waals surface area (Å²) in [5.74, 6) is 1.26. The van der Waals surface area contributed by atoms with Crippen LogP contribution in [-0.2, 0) is 15.9 Å². The van der Waals surface area contributed by atoms with Crippen molar-refractivity contribution in [3.05, 3.63) is 74.6 Å². The van der Waals surface area contributed by atoms with Crippen LogP contribution in [0.15, 0.2) is 48.4 Å². The van der Waals surface area contributed by atoms with E-state index in [1.807, 2.05) is 37.3 Å². The second kappa shape index (κ2) is 8.22. The molecule has 132 valence electrons. The van der Waals surface area contributed by atoms with Gasteiger partial charge in [-0.2, -0.15) is 0 Å². The Labute approximate surface area is 162 Å². The molecule has 2 aromatic carbocycles. The average Bonchev–Trinajstić information content (AvgIpc) is 3.05. The van der Waals surface area contributed by atoms with Gasteiger partial charge in [0.25, 0.3) is 0 Å². The fraction of sp³-hybridized carbons (Fsp3) is 0.263. The molecule has 1 aliphatic rings. The minimum Gasteiger partial charge on any atom is -0.484 e. The average molecular weight is 400 g/mol. The fourth-order valence-electron chi connectivity index (χ4n) is 2.43. The maximum atomic E-state index is 6.33. The minimum absolute atomic E-state index is 0.220. The fourth-order valence-corrected chi connectivity index (χ4v) is 3.01. The Hall–Kier alpha value is -1.55. The first kappa shape index (κ1) is 18.2. The van der Waals surface area contributed by atoms with Crippen LogP contribution in [0.1, 0.15) is 24.5 Å². The molecule has 1 unspecified atom stereocenters. The van der Waals surface area contributed by atoms with E-state index in [0.29, 0.717) is 33.0 Å². The van der Waals surface area contributed by atoms with Crippen LogP contribution < -0.4 is 4.74 Å². The van der Waals surface area contributed by atoms with Crippen LogP contribution >= 0.6 is 34.8 Å². The molecule has 25 heavy (non-hydrogen) atoms. The molecule has 0 aromatic heterocycles. The van der Waals surface area contributed by atoms with Gasteiger partial charge in [-0.05, 0) is 41.8 Å². The normalized spacial score (nSPS) is 16.2. The first-order valence-corrected chi connectivity index (χ1v) is 9.05. The molecular weight excluding hydrogens is 383 g/mol. The first-order valence-electron chi connectivity index (χ1n) is 7.91. The summed E-state index contributed by atoms with van der Waals surface area (Å²) in [5, 5.41) is 1.64. The molecule has 0 radical (unpaired) electrons. The summed E-state index contributed by atoms with van der Waals surface area (Å²) in [4.78, 5) is 0. The zero-order valence-electron chi connectivity index (χ0n) is 13.6. The van der Waals surface area contributed by atoms with Gasteiger partial charge in [-0.1, -0.05) is 53.9 Å². The van der Waals surface area contributed by atoms with E-state index in [0.717, 1.165) is 17.5 Å². The Balaban J connectivity index is 1.61. The Morgan fingerprint density at radius 3 is 2.32 bits per heavy atom. The summed E-state index contributed by atoms with van der Waals surface area (Å²) in [6.07, 6.45) is 2.85. The molecule has 0 fully saturated rings. The van der Waals surface area contributed by atoms with Crippen molar-refractivity contribution in [3.63, 3.8) is 0 Å². The van der Waals surface area contributed by atoms with Crippen LogP contribution in [0, 0.1) is 0 Å². The molecule has 1 atom stereocenters. The van der Waals surface area contributed by atoms with Crippen LogP contribution in [0.2, 0.25) is 15.1 Å². The molecule has 0 spiro atoms. The quantitative estimate of drug-likeness (QED) is 0.575. The molecule has 0 amide bonds. The monoisotopic (exact) mass is 398 g/mol. The van der Waals surface area contributed by atoms with Crippen LogP contribution in [0.25, 0.3) is 0 Å². The number of benzene rings is 2. The topological polar surface area (TPSA) is 27.7 Å².